The lowest BCUT2D eigenvalue weighted by molar-refractivity contribution is -0.126. The number of piperidine rings is 1. The van der Waals surface area contributed by atoms with Crippen molar-refractivity contribution in [1.29, 1.82) is 0 Å². The normalized spacial score (nSPS) is 21.0. The Morgan fingerprint density at radius 3 is 2.70 bits per heavy atom. The van der Waals surface area contributed by atoms with Gasteiger partial charge in [-0.05, 0) is 44.7 Å². The van der Waals surface area contributed by atoms with Crippen molar-refractivity contribution in [2.45, 2.75) is 39.7 Å². The van der Waals surface area contributed by atoms with Crippen LogP contribution in [-0.2, 0) is 14.8 Å². The molecule has 2 atom stereocenters. The van der Waals surface area contributed by atoms with Crippen molar-refractivity contribution in [3.05, 3.63) is 34.9 Å². The first-order chi connectivity index (χ1) is 10.7. The zero-order chi connectivity index (χ0) is 17.2. The van der Waals surface area contributed by atoms with E-state index in [1.165, 1.54) is 10.6 Å². The van der Waals surface area contributed by atoms with E-state index in [0.717, 1.165) is 29.5 Å². The number of nitrogens with one attached hydrogen (secondary N) is 1. The van der Waals surface area contributed by atoms with Gasteiger partial charge in [0.25, 0.3) is 0 Å². The third kappa shape index (κ3) is 4.54. The second-order valence-corrected chi connectivity index (χ2v) is 8.53. The fourth-order valence-corrected chi connectivity index (χ4v) is 4.00. The summed E-state index contributed by atoms with van der Waals surface area (Å²) in [7, 11) is -3.23. The van der Waals surface area contributed by atoms with Gasteiger partial charge in [0.05, 0.1) is 18.2 Å². The summed E-state index contributed by atoms with van der Waals surface area (Å²) in [5.41, 5.74) is 3.41. The fraction of sp³-hybridized carbons (Fsp3) is 0.588. The first kappa shape index (κ1) is 17.9. The van der Waals surface area contributed by atoms with Crippen LogP contribution >= 0.6 is 0 Å². The van der Waals surface area contributed by atoms with E-state index in [1.54, 1.807) is 0 Å². The number of aryl methyl sites for hydroxylation is 2. The third-order valence-corrected chi connectivity index (χ3v) is 5.75. The summed E-state index contributed by atoms with van der Waals surface area (Å²) in [4.78, 5) is 12.5. The summed E-state index contributed by atoms with van der Waals surface area (Å²) in [6, 6.07) is 6.11. The molecule has 1 amide bonds. The van der Waals surface area contributed by atoms with Crippen molar-refractivity contribution in [2.75, 3.05) is 19.3 Å². The lowest BCUT2D eigenvalue weighted by atomic mass is 9.96. The molecular weight excluding hydrogens is 312 g/mol. The average molecular weight is 338 g/mol. The van der Waals surface area contributed by atoms with E-state index in [9.17, 15) is 13.2 Å². The zero-order valence-corrected chi connectivity index (χ0v) is 15.1. The summed E-state index contributed by atoms with van der Waals surface area (Å²) >= 11 is 0. The molecule has 0 saturated carbocycles. The Labute approximate surface area is 139 Å². The molecule has 0 bridgehead atoms. The first-order valence-corrected chi connectivity index (χ1v) is 9.86. The monoisotopic (exact) mass is 338 g/mol. The van der Waals surface area contributed by atoms with Crippen LogP contribution < -0.4 is 5.32 Å². The fourth-order valence-electron chi connectivity index (χ4n) is 3.09. The second-order valence-electron chi connectivity index (χ2n) is 6.55. The molecule has 128 valence electrons. The van der Waals surface area contributed by atoms with Gasteiger partial charge in [-0.3, -0.25) is 4.79 Å². The van der Waals surface area contributed by atoms with Gasteiger partial charge >= 0.3 is 0 Å². The van der Waals surface area contributed by atoms with Crippen LogP contribution in [-0.4, -0.2) is 38.0 Å². The van der Waals surface area contributed by atoms with Crippen LogP contribution in [0.2, 0.25) is 0 Å². The quantitative estimate of drug-likeness (QED) is 0.915. The summed E-state index contributed by atoms with van der Waals surface area (Å²) < 4.78 is 24.8. The predicted octanol–water partition coefficient (Wildman–Crippen LogP) is 2.15. The van der Waals surface area contributed by atoms with Crippen molar-refractivity contribution < 1.29 is 13.2 Å². The largest absolute Gasteiger partial charge is 0.349 e. The molecule has 0 unspecified atom stereocenters. The number of amides is 1. The second kappa shape index (κ2) is 7.01. The number of nitrogens with zero attached hydrogens (tertiary/aromatic N) is 1. The molecule has 0 aliphatic carbocycles. The number of carbonyl (C=O) groups excluding carboxylic acids is 1. The maximum absolute atomic E-state index is 12.5. The van der Waals surface area contributed by atoms with Crippen molar-refractivity contribution in [1.82, 2.24) is 9.62 Å². The molecule has 1 heterocycles. The zero-order valence-electron chi connectivity index (χ0n) is 14.3. The van der Waals surface area contributed by atoms with Gasteiger partial charge in [0.15, 0.2) is 0 Å². The molecule has 1 aromatic rings. The van der Waals surface area contributed by atoms with Crippen LogP contribution in [0.3, 0.4) is 0 Å². The van der Waals surface area contributed by atoms with Crippen LogP contribution in [0.1, 0.15) is 42.5 Å². The number of rotatable bonds is 4. The molecule has 0 radical (unpaired) electrons. The van der Waals surface area contributed by atoms with Gasteiger partial charge < -0.3 is 5.32 Å². The molecule has 1 N–H and O–H groups in total. The Hall–Kier alpha value is -1.40. The summed E-state index contributed by atoms with van der Waals surface area (Å²) in [6.07, 6.45) is 2.66. The van der Waals surface area contributed by atoms with Gasteiger partial charge in [0.1, 0.15) is 0 Å². The van der Waals surface area contributed by atoms with E-state index >= 15 is 0 Å². The predicted molar refractivity (Wildman–Crippen MR) is 91.6 cm³/mol. The first-order valence-electron chi connectivity index (χ1n) is 8.01. The molecule has 1 saturated heterocycles. The number of hydrogen-bond donors (Lipinski definition) is 1. The maximum atomic E-state index is 12.5. The molecular formula is C17H26N2O3S. The van der Waals surface area contributed by atoms with Gasteiger partial charge in [0.2, 0.25) is 15.9 Å². The highest BCUT2D eigenvalue weighted by molar-refractivity contribution is 7.88. The molecule has 1 aromatic carbocycles. The van der Waals surface area contributed by atoms with E-state index < -0.39 is 10.0 Å². The highest BCUT2D eigenvalue weighted by atomic mass is 32.2. The smallest absolute Gasteiger partial charge is 0.224 e. The SMILES string of the molecule is Cc1ccc(C)c([C@@H](C)NC(=O)[C@@H]2CCCN(S(C)(=O)=O)C2)c1. The van der Waals surface area contributed by atoms with E-state index in [0.29, 0.717) is 6.54 Å². The van der Waals surface area contributed by atoms with Crippen LogP contribution in [0, 0.1) is 19.8 Å². The van der Waals surface area contributed by atoms with Gasteiger partial charge in [-0.1, -0.05) is 23.8 Å². The maximum Gasteiger partial charge on any atom is 0.224 e. The van der Waals surface area contributed by atoms with Gasteiger partial charge in [-0.25, -0.2) is 12.7 Å². The van der Waals surface area contributed by atoms with Gasteiger partial charge in [0, 0.05) is 13.1 Å². The topological polar surface area (TPSA) is 66.5 Å². The molecule has 0 aromatic heterocycles. The molecule has 0 spiro atoms. The molecule has 6 heteroatoms. The summed E-state index contributed by atoms with van der Waals surface area (Å²) in [6.45, 7) is 6.82. The molecule has 23 heavy (non-hydrogen) atoms. The molecule has 1 aliphatic heterocycles. The van der Waals surface area contributed by atoms with E-state index in [4.69, 9.17) is 0 Å². The van der Waals surface area contributed by atoms with Crippen molar-refractivity contribution in [3.63, 3.8) is 0 Å². The van der Waals surface area contributed by atoms with Gasteiger partial charge in [-0.15, -0.1) is 0 Å². The van der Waals surface area contributed by atoms with Crippen LogP contribution in [0.5, 0.6) is 0 Å². The number of carbonyl (C=O) groups is 1. The Kier molecular flexibility index (Phi) is 5.47. The lowest BCUT2D eigenvalue weighted by Crippen LogP contribution is -2.45. The molecule has 1 fully saturated rings. The third-order valence-electron chi connectivity index (χ3n) is 4.48. The minimum absolute atomic E-state index is 0.0632. The van der Waals surface area contributed by atoms with Crippen LogP contribution in [0.25, 0.3) is 0 Å². The number of benzene rings is 1. The Bertz CT molecular complexity index is 685. The Balaban J connectivity index is 2.05. The van der Waals surface area contributed by atoms with E-state index in [-0.39, 0.29) is 24.4 Å². The summed E-state index contributed by atoms with van der Waals surface area (Å²) in [5, 5.41) is 3.05. The molecule has 5 nitrogen and oxygen atoms in total. The van der Waals surface area contributed by atoms with E-state index in [2.05, 4.69) is 23.5 Å². The Morgan fingerprint density at radius 1 is 1.35 bits per heavy atom. The summed E-state index contributed by atoms with van der Waals surface area (Å²) in [5.74, 6) is -0.335. The highest BCUT2D eigenvalue weighted by Crippen LogP contribution is 2.22. The van der Waals surface area contributed by atoms with Crippen molar-refractivity contribution in [2.24, 2.45) is 5.92 Å². The van der Waals surface area contributed by atoms with Crippen molar-refractivity contribution in [3.8, 4) is 0 Å². The van der Waals surface area contributed by atoms with E-state index in [1.807, 2.05) is 20.8 Å². The highest BCUT2D eigenvalue weighted by Gasteiger charge is 2.30. The standard InChI is InChI=1S/C17H26N2O3S/c1-12-7-8-13(2)16(10-12)14(3)18-17(20)15-6-5-9-19(11-15)23(4,21)22/h7-8,10,14-15H,5-6,9,11H2,1-4H3,(H,18,20)/t14-,15-/m1/s1. The van der Waals surface area contributed by atoms with Crippen molar-refractivity contribution >= 4 is 15.9 Å². The number of hydrogen-bond acceptors (Lipinski definition) is 3. The van der Waals surface area contributed by atoms with Crippen LogP contribution in [0.4, 0.5) is 0 Å². The minimum Gasteiger partial charge on any atom is -0.349 e. The van der Waals surface area contributed by atoms with Crippen LogP contribution in [0.15, 0.2) is 18.2 Å². The average Bonchev–Trinajstić information content (AvgIpc) is 2.48. The lowest BCUT2D eigenvalue weighted by Gasteiger charge is -2.31. The Morgan fingerprint density at radius 2 is 2.04 bits per heavy atom. The minimum atomic E-state index is -3.23. The molecule has 1 aliphatic rings. The number of sulfonamides is 1. The molecule has 2 rings (SSSR count). The van der Waals surface area contributed by atoms with Gasteiger partial charge in [-0.2, -0.15) is 0 Å².